The summed E-state index contributed by atoms with van der Waals surface area (Å²) < 4.78 is 5.34. The normalized spacial score (nSPS) is 14.5. The first-order valence-corrected chi connectivity index (χ1v) is 9.05. The summed E-state index contributed by atoms with van der Waals surface area (Å²) in [4.78, 5) is 24.3. The monoisotopic (exact) mass is 344 g/mol. The second-order valence-electron chi connectivity index (χ2n) is 5.36. The summed E-state index contributed by atoms with van der Waals surface area (Å²) in [6.07, 6.45) is 3.74. The van der Waals surface area contributed by atoms with E-state index in [1.54, 1.807) is 18.0 Å². The lowest BCUT2D eigenvalue weighted by Gasteiger charge is -2.26. The molecule has 2 heterocycles. The predicted molar refractivity (Wildman–Crippen MR) is 94.5 cm³/mol. The van der Waals surface area contributed by atoms with Crippen LogP contribution in [0.15, 0.2) is 41.4 Å². The minimum atomic E-state index is -0.103. The summed E-state index contributed by atoms with van der Waals surface area (Å²) in [6, 6.07) is 9.38. The van der Waals surface area contributed by atoms with Gasteiger partial charge < -0.3 is 15.0 Å². The minimum Gasteiger partial charge on any atom is -0.378 e. The third-order valence-electron chi connectivity index (χ3n) is 3.78. The molecule has 0 radical (unpaired) electrons. The maximum atomic E-state index is 12.2. The van der Waals surface area contributed by atoms with E-state index in [0.717, 1.165) is 23.7 Å². The molecule has 0 unspecified atom stereocenters. The minimum absolute atomic E-state index is 0.103. The van der Waals surface area contributed by atoms with Crippen molar-refractivity contribution in [3.63, 3.8) is 0 Å². The van der Waals surface area contributed by atoms with E-state index in [4.69, 9.17) is 4.74 Å². The Balaban J connectivity index is 1.60. The van der Waals surface area contributed by atoms with Gasteiger partial charge in [-0.15, -0.1) is 11.8 Å². The van der Waals surface area contributed by atoms with E-state index in [2.05, 4.69) is 20.2 Å². The van der Waals surface area contributed by atoms with E-state index in [1.165, 1.54) is 0 Å². The molecule has 1 aromatic carbocycles. The van der Waals surface area contributed by atoms with E-state index in [9.17, 15) is 4.79 Å². The molecule has 1 N–H and O–H groups in total. The number of nitrogens with one attached hydrogen (secondary N) is 1. The predicted octanol–water partition coefficient (Wildman–Crippen LogP) is 1.97. The number of anilines is 1. The highest BCUT2D eigenvalue weighted by Gasteiger charge is 2.14. The smallest absolute Gasteiger partial charge is 0.251 e. The molecule has 126 valence electrons. The van der Waals surface area contributed by atoms with Gasteiger partial charge in [-0.3, -0.25) is 4.79 Å². The Labute approximate surface area is 145 Å². The average Bonchev–Trinajstić information content (AvgIpc) is 2.67. The van der Waals surface area contributed by atoms with Crippen LogP contribution in [-0.2, 0) is 11.3 Å². The van der Waals surface area contributed by atoms with Crippen LogP contribution >= 0.6 is 11.8 Å². The molecular formula is C17H20N4O2S. The summed E-state index contributed by atoms with van der Waals surface area (Å²) in [5.41, 5.74) is 1.44. The maximum Gasteiger partial charge on any atom is 0.251 e. The van der Waals surface area contributed by atoms with E-state index < -0.39 is 0 Å². The summed E-state index contributed by atoms with van der Waals surface area (Å²) in [5.74, 6) is 0.587. The molecule has 1 saturated heterocycles. The molecule has 0 aliphatic carbocycles. The average molecular weight is 344 g/mol. The lowest BCUT2D eigenvalue weighted by molar-refractivity contribution is 0.0950. The molecule has 7 heteroatoms. The molecule has 0 bridgehead atoms. The second kappa shape index (κ2) is 8.12. The van der Waals surface area contributed by atoms with Gasteiger partial charge in [0.1, 0.15) is 0 Å². The fourth-order valence-electron chi connectivity index (χ4n) is 2.41. The molecule has 1 aliphatic heterocycles. The molecule has 1 amide bonds. The second-order valence-corrected chi connectivity index (χ2v) is 6.24. The van der Waals surface area contributed by atoms with Crippen molar-refractivity contribution in [3.8, 4) is 0 Å². The number of carbonyl (C=O) groups excluding carboxylic acids is 1. The molecule has 0 atom stereocenters. The number of morpholine rings is 1. The molecule has 2 aromatic rings. The van der Waals surface area contributed by atoms with Crippen LogP contribution in [0.3, 0.4) is 0 Å². The van der Waals surface area contributed by atoms with Gasteiger partial charge in [-0.2, -0.15) is 0 Å². The highest BCUT2D eigenvalue weighted by molar-refractivity contribution is 7.98. The van der Waals surface area contributed by atoms with Crippen molar-refractivity contribution in [2.75, 3.05) is 37.5 Å². The first-order valence-electron chi connectivity index (χ1n) is 7.83. The maximum absolute atomic E-state index is 12.2. The third-order valence-corrected chi connectivity index (χ3v) is 4.52. The Morgan fingerprint density at radius 1 is 1.25 bits per heavy atom. The molecule has 6 nitrogen and oxygen atoms in total. The van der Waals surface area contributed by atoms with Crippen LogP contribution in [0.4, 0.5) is 5.95 Å². The van der Waals surface area contributed by atoms with Crippen LogP contribution < -0.4 is 10.2 Å². The summed E-state index contributed by atoms with van der Waals surface area (Å²) in [5, 5.41) is 2.90. The van der Waals surface area contributed by atoms with Gasteiger partial charge in [0.2, 0.25) is 5.95 Å². The van der Waals surface area contributed by atoms with Gasteiger partial charge in [0.15, 0.2) is 0 Å². The third kappa shape index (κ3) is 4.24. The standard InChI is InChI=1S/C17H20N4O2S/c1-24-15-4-2-13(3-5-15)16(22)19-12-14-6-7-18-17(20-14)21-8-10-23-11-9-21/h2-7H,8-12H2,1H3,(H,19,22). The first kappa shape index (κ1) is 16.7. The first-order chi connectivity index (χ1) is 11.8. The topological polar surface area (TPSA) is 67.4 Å². The quantitative estimate of drug-likeness (QED) is 0.837. The SMILES string of the molecule is CSc1ccc(C(=O)NCc2ccnc(N3CCOCC3)n2)cc1. The van der Waals surface area contributed by atoms with Crippen LogP contribution in [0.25, 0.3) is 0 Å². The molecule has 24 heavy (non-hydrogen) atoms. The number of hydrogen-bond donors (Lipinski definition) is 1. The van der Waals surface area contributed by atoms with Gasteiger partial charge in [-0.25, -0.2) is 9.97 Å². The zero-order valence-electron chi connectivity index (χ0n) is 13.6. The number of carbonyl (C=O) groups is 1. The fourth-order valence-corrected chi connectivity index (χ4v) is 2.82. The van der Waals surface area contributed by atoms with Crippen LogP contribution in [0.1, 0.15) is 16.1 Å². The highest BCUT2D eigenvalue weighted by atomic mass is 32.2. The van der Waals surface area contributed by atoms with Gasteiger partial charge in [0.05, 0.1) is 25.5 Å². The van der Waals surface area contributed by atoms with Crippen LogP contribution in [0, 0.1) is 0 Å². The summed E-state index contributed by atoms with van der Waals surface area (Å²) in [6.45, 7) is 3.34. The molecule has 3 rings (SSSR count). The molecule has 0 spiro atoms. The Bertz CT molecular complexity index is 687. The van der Waals surface area contributed by atoms with Gasteiger partial charge >= 0.3 is 0 Å². The van der Waals surface area contributed by atoms with Crippen molar-refractivity contribution in [1.29, 1.82) is 0 Å². The number of nitrogens with zero attached hydrogens (tertiary/aromatic N) is 3. The van der Waals surface area contributed by atoms with Crippen molar-refractivity contribution in [2.24, 2.45) is 0 Å². The largest absolute Gasteiger partial charge is 0.378 e. The van der Waals surface area contributed by atoms with Gasteiger partial charge in [-0.05, 0) is 36.6 Å². The lowest BCUT2D eigenvalue weighted by Crippen LogP contribution is -2.37. The Kier molecular flexibility index (Phi) is 5.66. The van der Waals surface area contributed by atoms with E-state index >= 15 is 0 Å². The zero-order chi connectivity index (χ0) is 16.8. The van der Waals surface area contributed by atoms with Crippen LogP contribution in [-0.4, -0.2) is 48.4 Å². The van der Waals surface area contributed by atoms with Gasteiger partial charge in [-0.1, -0.05) is 0 Å². The number of ether oxygens (including phenoxy) is 1. The molecule has 1 aromatic heterocycles. The number of amides is 1. The van der Waals surface area contributed by atoms with Gasteiger partial charge in [0, 0.05) is 29.7 Å². The van der Waals surface area contributed by atoms with Crippen molar-refractivity contribution in [1.82, 2.24) is 15.3 Å². The molecule has 1 fully saturated rings. The number of thioether (sulfide) groups is 1. The van der Waals surface area contributed by atoms with E-state index in [1.807, 2.05) is 36.6 Å². The van der Waals surface area contributed by atoms with Gasteiger partial charge in [0.25, 0.3) is 5.91 Å². The Hall–Kier alpha value is -2.12. The van der Waals surface area contributed by atoms with E-state index in [-0.39, 0.29) is 5.91 Å². The van der Waals surface area contributed by atoms with E-state index in [0.29, 0.717) is 31.3 Å². The number of aromatic nitrogens is 2. The van der Waals surface area contributed by atoms with Crippen molar-refractivity contribution < 1.29 is 9.53 Å². The van der Waals surface area contributed by atoms with Crippen molar-refractivity contribution >= 4 is 23.6 Å². The lowest BCUT2D eigenvalue weighted by atomic mass is 10.2. The van der Waals surface area contributed by atoms with Crippen molar-refractivity contribution in [2.45, 2.75) is 11.4 Å². The van der Waals surface area contributed by atoms with Crippen LogP contribution in [0.5, 0.6) is 0 Å². The zero-order valence-corrected chi connectivity index (χ0v) is 14.4. The Morgan fingerprint density at radius 2 is 2.00 bits per heavy atom. The number of benzene rings is 1. The molecule has 1 aliphatic rings. The number of hydrogen-bond acceptors (Lipinski definition) is 6. The number of rotatable bonds is 5. The summed E-state index contributed by atoms with van der Waals surface area (Å²) >= 11 is 1.65. The summed E-state index contributed by atoms with van der Waals surface area (Å²) in [7, 11) is 0. The van der Waals surface area contributed by atoms with Crippen LogP contribution in [0.2, 0.25) is 0 Å². The molecular weight excluding hydrogens is 324 g/mol. The Morgan fingerprint density at radius 3 is 2.71 bits per heavy atom. The molecule has 0 saturated carbocycles. The fraction of sp³-hybridized carbons (Fsp3) is 0.353. The highest BCUT2D eigenvalue weighted by Crippen LogP contribution is 2.15. The van der Waals surface area contributed by atoms with Crippen molar-refractivity contribution in [3.05, 3.63) is 47.8 Å².